The summed E-state index contributed by atoms with van der Waals surface area (Å²) in [7, 11) is 2.08. The van der Waals surface area contributed by atoms with Gasteiger partial charge in [-0.1, -0.05) is 11.2 Å². The molecule has 0 aliphatic carbocycles. The van der Waals surface area contributed by atoms with Crippen molar-refractivity contribution in [3.8, 4) is 5.75 Å². The van der Waals surface area contributed by atoms with Gasteiger partial charge in [-0.15, -0.1) is 12.4 Å². The standard InChI is InChI=1S/C16H21BrN4O2.ClH/c1-11-3-4-14(12(17)9-11)22-8-5-15-19-16(20-23-15)13-10-18-6-7-21(13)2;/h3-4,9,13,18H,5-8,10H2,1-2H3;1H. The second kappa shape index (κ2) is 8.80. The van der Waals surface area contributed by atoms with Crippen LogP contribution in [0.25, 0.3) is 0 Å². The fraction of sp³-hybridized carbons (Fsp3) is 0.500. The van der Waals surface area contributed by atoms with Gasteiger partial charge < -0.3 is 14.6 Å². The van der Waals surface area contributed by atoms with Gasteiger partial charge in [-0.3, -0.25) is 4.90 Å². The summed E-state index contributed by atoms with van der Waals surface area (Å²) in [4.78, 5) is 6.74. The van der Waals surface area contributed by atoms with Gasteiger partial charge in [0.25, 0.3) is 0 Å². The normalized spacial score (nSPS) is 18.2. The maximum absolute atomic E-state index is 5.77. The number of hydrogen-bond donors (Lipinski definition) is 1. The van der Waals surface area contributed by atoms with Gasteiger partial charge >= 0.3 is 0 Å². The Morgan fingerprint density at radius 2 is 2.29 bits per heavy atom. The van der Waals surface area contributed by atoms with E-state index >= 15 is 0 Å². The van der Waals surface area contributed by atoms with Crippen LogP contribution in [0.15, 0.2) is 27.2 Å². The summed E-state index contributed by atoms with van der Waals surface area (Å²) in [5.41, 5.74) is 1.19. The number of halogens is 2. The maximum atomic E-state index is 5.77. The molecule has 1 aliphatic heterocycles. The Morgan fingerprint density at radius 1 is 1.46 bits per heavy atom. The molecule has 0 spiro atoms. The lowest BCUT2D eigenvalue weighted by Crippen LogP contribution is -2.44. The molecule has 1 atom stereocenters. The summed E-state index contributed by atoms with van der Waals surface area (Å²) < 4.78 is 12.1. The second-order valence-electron chi connectivity index (χ2n) is 5.78. The molecule has 1 aliphatic rings. The Balaban J connectivity index is 0.00000208. The number of nitrogens with one attached hydrogen (secondary N) is 1. The summed E-state index contributed by atoms with van der Waals surface area (Å²) in [5, 5.41) is 7.47. The van der Waals surface area contributed by atoms with Crippen molar-refractivity contribution in [2.24, 2.45) is 0 Å². The molecule has 2 heterocycles. The molecule has 0 saturated carbocycles. The van der Waals surface area contributed by atoms with Crippen LogP contribution in [-0.2, 0) is 6.42 Å². The second-order valence-corrected chi connectivity index (χ2v) is 6.63. The topological polar surface area (TPSA) is 63.4 Å². The molecule has 24 heavy (non-hydrogen) atoms. The molecule has 0 radical (unpaired) electrons. The lowest BCUT2D eigenvalue weighted by Gasteiger charge is -2.30. The SMILES string of the molecule is Cc1ccc(OCCc2nc(C3CNCCN3C)no2)c(Br)c1.Cl. The number of nitrogens with zero attached hydrogens (tertiary/aromatic N) is 3. The van der Waals surface area contributed by atoms with Gasteiger partial charge in [0.15, 0.2) is 5.82 Å². The minimum atomic E-state index is 0. The first-order valence-electron chi connectivity index (χ1n) is 7.76. The van der Waals surface area contributed by atoms with Gasteiger partial charge in [0.2, 0.25) is 5.89 Å². The zero-order chi connectivity index (χ0) is 16.2. The van der Waals surface area contributed by atoms with E-state index in [1.54, 1.807) is 0 Å². The van der Waals surface area contributed by atoms with Crippen LogP contribution in [0.5, 0.6) is 5.75 Å². The molecule has 8 heteroatoms. The van der Waals surface area contributed by atoms with Crippen LogP contribution in [0.4, 0.5) is 0 Å². The minimum Gasteiger partial charge on any atom is -0.492 e. The molecule has 1 unspecified atom stereocenters. The molecule has 1 N–H and O–H groups in total. The van der Waals surface area contributed by atoms with Gasteiger partial charge in [-0.2, -0.15) is 4.98 Å². The molecule has 1 saturated heterocycles. The average molecular weight is 418 g/mol. The minimum absolute atomic E-state index is 0. The van der Waals surface area contributed by atoms with Gasteiger partial charge in [0, 0.05) is 19.6 Å². The van der Waals surface area contributed by atoms with Gasteiger partial charge in [-0.05, 0) is 47.6 Å². The van der Waals surface area contributed by atoms with Crippen LogP contribution in [0, 0.1) is 6.92 Å². The lowest BCUT2D eigenvalue weighted by molar-refractivity contribution is 0.190. The highest BCUT2D eigenvalue weighted by atomic mass is 79.9. The summed E-state index contributed by atoms with van der Waals surface area (Å²) >= 11 is 3.51. The number of rotatable bonds is 5. The van der Waals surface area contributed by atoms with Crippen molar-refractivity contribution in [1.82, 2.24) is 20.4 Å². The fourth-order valence-corrected chi connectivity index (χ4v) is 3.18. The summed E-state index contributed by atoms with van der Waals surface area (Å²) in [6.07, 6.45) is 0.594. The molecule has 1 fully saturated rings. The largest absolute Gasteiger partial charge is 0.492 e. The van der Waals surface area contributed by atoms with Crippen LogP contribution in [0.1, 0.15) is 23.3 Å². The Hall–Kier alpha value is -1.15. The first kappa shape index (κ1) is 19.2. The van der Waals surface area contributed by atoms with Crippen LogP contribution in [-0.4, -0.2) is 48.3 Å². The third-order valence-electron chi connectivity index (χ3n) is 3.95. The monoisotopic (exact) mass is 416 g/mol. The van der Waals surface area contributed by atoms with Crippen molar-refractivity contribution in [3.05, 3.63) is 40.0 Å². The van der Waals surface area contributed by atoms with E-state index in [1.165, 1.54) is 5.56 Å². The molecule has 6 nitrogen and oxygen atoms in total. The van der Waals surface area contributed by atoms with Crippen molar-refractivity contribution >= 4 is 28.3 Å². The summed E-state index contributed by atoms with van der Waals surface area (Å²) in [6.45, 7) is 5.38. The Labute approximate surface area is 156 Å². The number of piperazine rings is 1. The average Bonchev–Trinajstić information content (AvgIpc) is 2.98. The molecule has 132 valence electrons. The molecule has 2 aromatic rings. The van der Waals surface area contributed by atoms with Gasteiger partial charge in [-0.25, -0.2) is 0 Å². The van der Waals surface area contributed by atoms with E-state index in [0.29, 0.717) is 18.9 Å². The van der Waals surface area contributed by atoms with Crippen molar-refractivity contribution in [2.45, 2.75) is 19.4 Å². The number of benzene rings is 1. The molecule has 1 aromatic heterocycles. The van der Waals surface area contributed by atoms with E-state index < -0.39 is 0 Å². The van der Waals surface area contributed by atoms with E-state index in [9.17, 15) is 0 Å². The van der Waals surface area contributed by atoms with E-state index in [4.69, 9.17) is 9.26 Å². The predicted molar refractivity (Wildman–Crippen MR) is 97.9 cm³/mol. The Bertz CT molecular complexity index is 667. The zero-order valence-corrected chi connectivity index (χ0v) is 16.2. The molecule has 3 rings (SSSR count). The molecule has 0 bridgehead atoms. The van der Waals surface area contributed by atoms with E-state index in [-0.39, 0.29) is 18.4 Å². The van der Waals surface area contributed by atoms with Crippen LogP contribution in [0.3, 0.4) is 0 Å². The number of likely N-dealkylation sites (N-methyl/N-ethyl adjacent to an activating group) is 1. The highest BCUT2D eigenvalue weighted by molar-refractivity contribution is 9.10. The zero-order valence-electron chi connectivity index (χ0n) is 13.8. The van der Waals surface area contributed by atoms with Crippen molar-refractivity contribution in [2.75, 3.05) is 33.3 Å². The number of ether oxygens (including phenoxy) is 1. The van der Waals surface area contributed by atoms with Crippen LogP contribution in [0.2, 0.25) is 0 Å². The Morgan fingerprint density at radius 3 is 3.04 bits per heavy atom. The Kier molecular flexibility index (Phi) is 7.03. The quantitative estimate of drug-likeness (QED) is 0.807. The summed E-state index contributed by atoms with van der Waals surface area (Å²) in [5.74, 6) is 2.18. The third-order valence-corrected chi connectivity index (χ3v) is 4.57. The lowest BCUT2D eigenvalue weighted by atomic mass is 10.2. The van der Waals surface area contributed by atoms with Crippen molar-refractivity contribution in [1.29, 1.82) is 0 Å². The smallest absolute Gasteiger partial charge is 0.230 e. The number of aromatic nitrogens is 2. The highest BCUT2D eigenvalue weighted by Gasteiger charge is 2.25. The van der Waals surface area contributed by atoms with E-state index in [1.807, 2.05) is 25.1 Å². The third kappa shape index (κ3) is 4.69. The molecular weight excluding hydrogens is 396 g/mol. The van der Waals surface area contributed by atoms with Crippen molar-refractivity contribution in [3.63, 3.8) is 0 Å². The summed E-state index contributed by atoms with van der Waals surface area (Å²) in [6, 6.07) is 6.19. The number of hydrogen-bond acceptors (Lipinski definition) is 6. The van der Waals surface area contributed by atoms with Crippen LogP contribution >= 0.6 is 28.3 Å². The van der Waals surface area contributed by atoms with E-state index in [0.717, 1.165) is 35.7 Å². The van der Waals surface area contributed by atoms with Crippen LogP contribution < -0.4 is 10.1 Å². The van der Waals surface area contributed by atoms with Gasteiger partial charge in [0.05, 0.1) is 23.5 Å². The molecular formula is C16H22BrClN4O2. The van der Waals surface area contributed by atoms with Crippen molar-refractivity contribution < 1.29 is 9.26 Å². The van der Waals surface area contributed by atoms with E-state index in [2.05, 4.69) is 43.3 Å². The van der Waals surface area contributed by atoms with Gasteiger partial charge in [0.1, 0.15) is 5.75 Å². The highest BCUT2D eigenvalue weighted by Crippen LogP contribution is 2.26. The number of aryl methyl sites for hydroxylation is 1. The first-order chi connectivity index (χ1) is 11.1. The predicted octanol–water partition coefficient (Wildman–Crippen LogP) is 2.76. The molecule has 0 amide bonds. The fourth-order valence-electron chi connectivity index (χ4n) is 2.57. The molecule has 1 aromatic carbocycles. The maximum Gasteiger partial charge on any atom is 0.230 e. The first-order valence-corrected chi connectivity index (χ1v) is 8.55.